The first-order valence-corrected chi connectivity index (χ1v) is 9.16. The monoisotopic (exact) mass is 362 g/mol. The minimum absolute atomic E-state index is 0.135. The standard InChI is InChI=1S/C21H22N4O2/c1-14-10-11-17(15(2)13-14)22-21(26)25-12-6-9-18(25)20-23-19(24-27-20)16-7-4-3-5-8-16/h3-5,7-8,10-11,13,18H,6,9,12H2,1-2H3,(H,22,26)/t18-/m1/s1. The Morgan fingerprint density at radius 3 is 2.78 bits per heavy atom. The Hall–Kier alpha value is -3.15. The molecule has 2 heterocycles. The average Bonchev–Trinajstić information content (AvgIpc) is 3.33. The van der Waals surface area contributed by atoms with Gasteiger partial charge in [-0.2, -0.15) is 4.98 Å². The highest BCUT2D eigenvalue weighted by molar-refractivity contribution is 5.90. The van der Waals surface area contributed by atoms with Crippen molar-refractivity contribution in [2.75, 3.05) is 11.9 Å². The lowest BCUT2D eigenvalue weighted by molar-refractivity contribution is 0.193. The van der Waals surface area contributed by atoms with E-state index in [4.69, 9.17) is 4.52 Å². The second-order valence-electron chi connectivity index (χ2n) is 6.92. The minimum atomic E-state index is -0.194. The number of urea groups is 1. The molecule has 0 radical (unpaired) electrons. The van der Waals surface area contributed by atoms with Gasteiger partial charge in [0.2, 0.25) is 11.7 Å². The summed E-state index contributed by atoms with van der Waals surface area (Å²) in [5, 5.41) is 7.10. The zero-order valence-corrected chi connectivity index (χ0v) is 15.5. The first-order chi connectivity index (χ1) is 13.1. The third-order valence-corrected chi connectivity index (χ3v) is 4.90. The average molecular weight is 362 g/mol. The summed E-state index contributed by atoms with van der Waals surface area (Å²) in [5.74, 6) is 1.04. The lowest BCUT2D eigenvalue weighted by Crippen LogP contribution is -2.34. The SMILES string of the molecule is Cc1ccc(NC(=O)N2CCC[C@@H]2c2nc(-c3ccccc3)no2)c(C)c1. The number of nitrogens with one attached hydrogen (secondary N) is 1. The minimum Gasteiger partial charge on any atom is -0.337 e. The molecule has 3 aromatic rings. The quantitative estimate of drug-likeness (QED) is 0.732. The number of aryl methyl sites for hydroxylation is 2. The number of hydrogen-bond acceptors (Lipinski definition) is 4. The molecule has 1 saturated heterocycles. The van der Waals surface area contributed by atoms with Crippen molar-refractivity contribution in [1.29, 1.82) is 0 Å². The molecule has 0 spiro atoms. The molecule has 0 aliphatic carbocycles. The van der Waals surface area contributed by atoms with Crippen LogP contribution in [0.4, 0.5) is 10.5 Å². The third-order valence-electron chi connectivity index (χ3n) is 4.90. The summed E-state index contributed by atoms with van der Waals surface area (Å²) >= 11 is 0. The van der Waals surface area contributed by atoms with Crippen molar-refractivity contribution in [2.45, 2.75) is 32.7 Å². The molecule has 0 bridgehead atoms. The number of aromatic nitrogens is 2. The molecule has 2 amide bonds. The fourth-order valence-corrected chi connectivity index (χ4v) is 3.48. The van der Waals surface area contributed by atoms with Crippen LogP contribution >= 0.6 is 0 Å². The van der Waals surface area contributed by atoms with E-state index in [9.17, 15) is 4.79 Å². The van der Waals surface area contributed by atoms with Gasteiger partial charge in [0.25, 0.3) is 0 Å². The van der Waals surface area contributed by atoms with Crippen LogP contribution in [0.2, 0.25) is 0 Å². The number of rotatable bonds is 3. The number of benzene rings is 2. The molecule has 1 fully saturated rings. The zero-order chi connectivity index (χ0) is 18.8. The van der Waals surface area contributed by atoms with Gasteiger partial charge in [0.1, 0.15) is 6.04 Å². The number of carbonyl (C=O) groups excluding carboxylic acids is 1. The van der Waals surface area contributed by atoms with Crippen LogP contribution in [0.5, 0.6) is 0 Å². The first kappa shape index (κ1) is 17.3. The molecule has 1 N–H and O–H groups in total. The Morgan fingerprint density at radius 1 is 1.19 bits per heavy atom. The maximum absolute atomic E-state index is 12.8. The Bertz CT molecular complexity index is 952. The van der Waals surface area contributed by atoms with Gasteiger partial charge in [-0.15, -0.1) is 0 Å². The summed E-state index contributed by atoms with van der Waals surface area (Å²) in [5.41, 5.74) is 3.94. The van der Waals surface area contributed by atoms with Gasteiger partial charge in [-0.1, -0.05) is 53.2 Å². The summed E-state index contributed by atoms with van der Waals surface area (Å²) in [4.78, 5) is 19.1. The molecule has 6 nitrogen and oxygen atoms in total. The van der Waals surface area contributed by atoms with Gasteiger partial charge in [0.15, 0.2) is 0 Å². The van der Waals surface area contributed by atoms with E-state index in [1.165, 1.54) is 5.56 Å². The molecule has 1 aliphatic rings. The number of hydrogen-bond donors (Lipinski definition) is 1. The van der Waals surface area contributed by atoms with Gasteiger partial charge in [0.05, 0.1) is 0 Å². The normalized spacial score (nSPS) is 16.5. The largest absolute Gasteiger partial charge is 0.337 e. The van der Waals surface area contributed by atoms with Crippen LogP contribution in [-0.2, 0) is 0 Å². The number of carbonyl (C=O) groups is 1. The van der Waals surface area contributed by atoms with Gasteiger partial charge in [-0.05, 0) is 38.3 Å². The molecule has 0 saturated carbocycles. The van der Waals surface area contributed by atoms with E-state index in [0.29, 0.717) is 18.3 Å². The molecular weight excluding hydrogens is 340 g/mol. The van der Waals surface area contributed by atoms with Crippen LogP contribution in [0.25, 0.3) is 11.4 Å². The summed E-state index contributed by atoms with van der Waals surface area (Å²) < 4.78 is 5.49. The number of anilines is 1. The predicted octanol–water partition coefficient (Wildman–Crippen LogP) is 4.72. The molecule has 0 unspecified atom stereocenters. The molecule has 2 aromatic carbocycles. The van der Waals surface area contributed by atoms with Crippen LogP contribution in [0, 0.1) is 13.8 Å². The Balaban J connectivity index is 1.52. The van der Waals surface area contributed by atoms with Gasteiger partial charge < -0.3 is 14.7 Å². The maximum Gasteiger partial charge on any atom is 0.322 e. The molecular formula is C21H22N4O2. The van der Waals surface area contributed by atoms with Crippen LogP contribution in [0.15, 0.2) is 53.1 Å². The van der Waals surface area contributed by atoms with Crippen molar-refractivity contribution >= 4 is 11.7 Å². The number of amides is 2. The van der Waals surface area contributed by atoms with E-state index in [1.807, 2.05) is 56.3 Å². The van der Waals surface area contributed by atoms with Crippen LogP contribution in [0.3, 0.4) is 0 Å². The summed E-state index contributed by atoms with van der Waals surface area (Å²) in [6, 6.07) is 15.4. The predicted molar refractivity (Wildman–Crippen MR) is 103 cm³/mol. The van der Waals surface area contributed by atoms with E-state index < -0.39 is 0 Å². The van der Waals surface area contributed by atoms with Crippen molar-refractivity contribution in [1.82, 2.24) is 15.0 Å². The highest BCUT2D eigenvalue weighted by atomic mass is 16.5. The van der Waals surface area contributed by atoms with Crippen LogP contribution in [0.1, 0.15) is 35.9 Å². The highest BCUT2D eigenvalue weighted by Crippen LogP contribution is 2.32. The van der Waals surface area contributed by atoms with Crippen molar-refractivity contribution < 1.29 is 9.32 Å². The molecule has 138 valence electrons. The second-order valence-corrected chi connectivity index (χ2v) is 6.92. The Kier molecular flexibility index (Phi) is 4.62. The molecule has 1 aliphatic heterocycles. The topological polar surface area (TPSA) is 71.3 Å². The van der Waals surface area contributed by atoms with Crippen LogP contribution in [-0.4, -0.2) is 27.6 Å². The first-order valence-electron chi connectivity index (χ1n) is 9.16. The Morgan fingerprint density at radius 2 is 2.00 bits per heavy atom. The zero-order valence-electron chi connectivity index (χ0n) is 15.5. The third kappa shape index (κ3) is 3.56. The van der Waals surface area contributed by atoms with Crippen molar-refractivity contribution in [3.8, 4) is 11.4 Å². The molecule has 1 atom stereocenters. The van der Waals surface area contributed by atoms with Gasteiger partial charge >= 0.3 is 6.03 Å². The fourth-order valence-electron chi connectivity index (χ4n) is 3.48. The highest BCUT2D eigenvalue weighted by Gasteiger charge is 2.34. The maximum atomic E-state index is 12.8. The summed E-state index contributed by atoms with van der Waals surface area (Å²) in [6.07, 6.45) is 1.73. The van der Waals surface area contributed by atoms with Crippen molar-refractivity contribution in [3.63, 3.8) is 0 Å². The van der Waals surface area contributed by atoms with Crippen molar-refractivity contribution in [2.24, 2.45) is 0 Å². The fraction of sp³-hybridized carbons (Fsp3) is 0.286. The van der Waals surface area contributed by atoms with Gasteiger partial charge in [0, 0.05) is 17.8 Å². The van der Waals surface area contributed by atoms with Gasteiger partial charge in [-0.25, -0.2) is 4.79 Å². The summed E-state index contributed by atoms with van der Waals surface area (Å²) in [7, 11) is 0. The van der Waals surface area contributed by atoms with Crippen molar-refractivity contribution in [3.05, 3.63) is 65.5 Å². The number of nitrogens with zero attached hydrogens (tertiary/aromatic N) is 3. The van der Waals surface area contributed by atoms with E-state index in [1.54, 1.807) is 4.90 Å². The lowest BCUT2D eigenvalue weighted by Gasteiger charge is -2.22. The van der Waals surface area contributed by atoms with E-state index in [-0.39, 0.29) is 12.1 Å². The molecule has 27 heavy (non-hydrogen) atoms. The molecule has 4 rings (SSSR count). The van der Waals surface area contributed by atoms with E-state index in [2.05, 4.69) is 21.5 Å². The van der Waals surface area contributed by atoms with E-state index in [0.717, 1.165) is 29.7 Å². The lowest BCUT2D eigenvalue weighted by atomic mass is 10.1. The van der Waals surface area contributed by atoms with Gasteiger partial charge in [-0.3, -0.25) is 0 Å². The number of likely N-dealkylation sites (tertiary alicyclic amines) is 1. The summed E-state index contributed by atoms with van der Waals surface area (Å²) in [6.45, 7) is 4.70. The molecule has 6 heteroatoms. The Labute approximate surface area is 158 Å². The van der Waals surface area contributed by atoms with Crippen LogP contribution < -0.4 is 5.32 Å². The van der Waals surface area contributed by atoms with E-state index >= 15 is 0 Å². The second kappa shape index (κ2) is 7.23. The molecule has 1 aromatic heterocycles. The smallest absolute Gasteiger partial charge is 0.322 e.